The Labute approximate surface area is 137 Å². The first-order valence-corrected chi connectivity index (χ1v) is 7.24. The van der Waals surface area contributed by atoms with Crippen molar-refractivity contribution in [3.8, 4) is 5.75 Å². The summed E-state index contributed by atoms with van der Waals surface area (Å²) in [4.78, 5) is 20.6. The van der Waals surface area contributed by atoms with Gasteiger partial charge in [0.2, 0.25) is 0 Å². The number of halogens is 1. The number of rotatable bonds is 4. The minimum Gasteiger partial charge on any atom is -0.505 e. The van der Waals surface area contributed by atoms with Gasteiger partial charge in [0.1, 0.15) is 23.4 Å². The molecule has 0 fully saturated rings. The number of imidazole rings is 1. The summed E-state index contributed by atoms with van der Waals surface area (Å²) in [6, 6.07) is 8.12. The zero-order valence-corrected chi connectivity index (χ0v) is 12.8. The van der Waals surface area contributed by atoms with Gasteiger partial charge in [-0.3, -0.25) is 4.79 Å². The Hall–Kier alpha value is -3.22. The summed E-state index contributed by atoms with van der Waals surface area (Å²) < 4.78 is 15.3. The molecule has 0 aliphatic carbocycles. The number of nitrogens with one attached hydrogen (secondary N) is 1. The number of hydrogen-bond donors (Lipinski definition) is 2. The van der Waals surface area contributed by atoms with Gasteiger partial charge >= 0.3 is 0 Å². The van der Waals surface area contributed by atoms with Gasteiger partial charge in [0.15, 0.2) is 5.69 Å². The molecule has 7 heteroatoms. The van der Waals surface area contributed by atoms with Crippen LogP contribution in [0.25, 0.3) is 0 Å². The number of amides is 1. The topological polar surface area (TPSA) is 80.0 Å². The van der Waals surface area contributed by atoms with Gasteiger partial charge in [-0.05, 0) is 29.8 Å². The van der Waals surface area contributed by atoms with Crippen LogP contribution in [0.15, 0.2) is 55.0 Å². The molecule has 122 valence electrons. The highest BCUT2D eigenvalue weighted by Crippen LogP contribution is 2.22. The van der Waals surface area contributed by atoms with Crippen LogP contribution in [0, 0.1) is 5.82 Å². The van der Waals surface area contributed by atoms with Crippen LogP contribution in [0.1, 0.15) is 27.9 Å². The molecule has 1 aromatic carbocycles. The van der Waals surface area contributed by atoms with Crippen LogP contribution in [-0.2, 0) is 7.05 Å². The lowest BCUT2D eigenvalue weighted by atomic mass is 10.1. The predicted octanol–water partition coefficient (Wildman–Crippen LogP) is 2.18. The quantitative estimate of drug-likeness (QED) is 0.770. The second kappa shape index (κ2) is 6.49. The fourth-order valence-electron chi connectivity index (χ4n) is 2.41. The first kappa shape index (κ1) is 15.7. The highest BCUT2D eigenvalue weighted by molar-refractivity contribution is 5.95. The highest BCUT2D eigenvalue weighted by Gasteiger charge is 2.23. The Morgan fingerprint density at radius 2 is 2.08 bits per heavy atom. The van der Waals surface area contributed by atoms with Crippen molar-refractivity contribution in [2.75, 3.05) is 0 Å². The smallest absolute Gasteiger partial charge is 0.274 e. The minimum atomic E-state index is -0.686. The van der Waals surface area contributed by atoms with E-state index < -0.39 is 17.8 Å². The SMILES string of the molecule is Cn1ccnc1[C@@H](NC(=O)c1ncccc1O)c1cccc(F)c1. The molecule has 1 amide bonds. The van der Waals surface area contributed by atoms with Crippen molar-refractivity contribution < 1.29 is 14.3 Å². The van der Waals surface area contributed by atoms with Gasteiger partial charge in [0.05, 0.1) is 0 Å². The number of aryl methyl sites for hydroxylation is 1. The van der Waals surface area contributed by atoms with Crippen LogP contribution < -0.4 is 5.32 Å². The van der Waals surface area contributed by atoms with E-state index in [0.717, 1.165) is 0 Å². The van der Waals surface area contributed by atoms with Crippen LogP contribution in [0.3, 0.4) is 0 Å². The van der Waals surface area contributed by atoms with Crippen LogP contribution in [0.5, 0.6) is 5.75 Å². The second-order valence-electron chi connectivity index (χ2n) is 5.23. The molecule has 1 atom stereocenters. The van der Waals surface area contributed by atoms with Crippen molar-refractivity contribution in [3.05, 3.63) is 77.9 Å². The first-order chi connectivity index (χ1) is 11.6. The molecule has 0 saturated heterocycles. The summed E-state index contributed by atoms with van der Waals surface area (Å²) in [6.07, 6.45) is 4.73. The van der Waals surface area contributed by atoms with Gasteiger partial charge in [0, 0.05) is 25.6 Å². The number of aromatic nitrogens is 3. The van der Waals surface area contributed by atoms with E-state index >= 15 is 0 Å². The molecule has 3 aromatic rings. The van der Waals surface area contributed by atoms with E-state index in [4.69, 9.17) is 0 Å². The Bertz CT molecular complexity index is 878. The lowest BCUT2D eigenvalue weighted by molar-refractivity contribution is 0.0933. The van der Waals surface area contributed by atoms with Crippen LogP contribution in [0.2, 0.25) is 0 Å². The fraction of sp³-hybridized carbons (Fsp3) is 0.118. The molecule has 24 heavy (non-hydrogen) atoms. The average Bonchev–Trinajstić information content (AvgIpc) is 2.98. The predicted molar refractivity (Wildman–Crippen MR) is 84.8 cm³/mol. The summed E-state index contributed by atoms with van der Waals surface area (Å²) in [6.45, 7) is 0. The van der Waals surface area contributed by atoms with E-state index in [2.05, 4.69) is 15.3 Å². The average molecular weight is 326 g/mol. The lowest BCUT2D eigenvalue weighted by Gasteiger charge is -2.19. The Morgan fingerprint density at radius 3 is 2.75 bits per heavy atom. The molecule has 3 rings (SSSR count). The zero-order chi connectivity index (χ0) is 17.1. The number of aromatic hydroxyl groups is 1. The van der Waals surface area contributed by atoms with Crippen LogP contribution in [-0.4, -0.2) is 25.5 Å². The van der Waals surface area contributed by atoms with E-state index in [-0.39, 0.29) is 11.4 Å². The van der Waals surface area contributed by atoms with Gasteiger partial charge in [-0.1, -0.05) is 12.1 Å². The van der Waals surface area contributed by atoms with Gasteiger partial charge in [-0.25, -0.2) is 14.4 Å². The number of pyridine rings is 1. The van der Waals surface area contributed by atoms with Crippen LogP contribution in [0.4, 0.5) is 4.39 Å². The Balaban J connectivity index is 1.98. The number of hydrogen-bond acceptors (Lipinski definition) is 4. The molecule has 6 nitrogen and oxygen atoms in total. The van der Waals surface area contributed by atoms with E-state index in [1.165, 1.54) is 30.5 Å². The van der Waals surface area contributed by atoms with Gasteiger partial charge in [-0.15, -0.1) is 0 Å². The fourth-order valence-corrected chi connectivity index (χ4v) is 2.41. The summed E-state index contributed by atoms with van der Waals surface area (Å²) in [7, 11) is 1.78. The van der Waals surface area contributed by atoms with E-state index in [9.17, 15) is 14.3 Å². The molecule has 0 spiro atoms. The highest BCUT2D eigenvalue weighted by atomic mass is 19.1. The largest absolute Gasteiger partial charge is 0.505 e. The van der Waals surface area contributed by atoms with E-state index in [1.54, 1.807) is 36.1 Å². The minimum absolute atomic E-state index is 0.104. The molecule has 0 radical (unpaired) electrons. The molecular formula is C17H15FN4O2. The van der Waals surface area contributed by atoms with Crippen molar-refractivity contribution >= 4 is 5.91 Å². The maximum atomic E-state index is 13.6. The van der Waals surface area contributed by atoms with Gasteiger partial charge < -0.3 is 15.0 Å². The lowest BCUT2D eigenvalue weighted by Crippen LogP contribution is -2.31. The summed E-state index contributed by atoms with van der Waals surface area (Å²) in [5.74, 6) is -0.691. The summed E-state index contributed by atoms with van der Waals surface area (Å²) in [5, 5.41) is 12.5. The van der Waals surface area contributed by atoms with Gasteiger partial charge in [-0.2, -0.15) is 0 Å². The molecule has 0 unspecified atom stereocenters. The van der Waals surface area contributed by atoms with E-state index in [1.807, 2.05) is 0 Å². The first-order valence-electron chi connectivity index (χ1n) is 7.24. The number of carbonyl (C=O) groups excluding carboxylic acids is 1. The maximum Gasteiger partial charge on any atom is 0.274 e. The van der Waals surface area contributed by atoms with E-state index in [0.29, 0.717) is 11.4 Å². The van der Waals surface area contributed by atoms with Gasteiger partial charge in [0.25, 0.3) is 5.91 Å². The van der Waals surface area contributed by atoms with Crippen molar-refractivity contribution in [2.45, 2.75) is 6.04 Å². The Kier molecular flexibility index (Phi) is 4.24. The third-order valence-electron chi connectivity index (χ3n) is 3.58. The molecule has 2 heterocycles. The molecule has 0 aliphatic heterocycles. The summed E-state index contributed by atoms with van der Waals surface area (Å²) in [5.41, 5.74) is 0.432. The standard InChI is InChI=1S/C17H15FN4O2/c1-22-9-8-20-16(22)14(11-4-2-5-12(18)10-11)21-17(24)15-13(23)6-3-7-19-15/h2-10,14,23H,1H3,(H,21,24)/t14-/m0/s1. The molecule has 0 saturated carbocycles. The Morgan fingerprint density at radius 1 is 1.25 bits per heavy atom. The zero-order valence-electron chi connectivity index (χ0n) is 12.8. The number of benzene rings is 1. The van der Waals surface area contributed by atoms with Crippen molar-refractivity contribution in [2.24, 2.45) is 7.05 Å². The second-order valence-corrected chi connectivity index (χ2v) is 5.23. The number of carbonyl (C=O) groups is 1. The molecule has 2 aromatic heterocycles. The molecule has 2 N–H and O–H groups in total. The maximum absolute atomic E-state index is 13.6. The monoisotopic (exact) mass is 326 g/mol. The molecular weight excluding hydrogens is 311 g/mol. The third-order valence-corrected chi connectivity index (χ3v) is 3.58. The van der Waals surface area contributed by atoms with Crippen molar-refractivity contribution in [3.63, 3.8) is 0 Å². The van der Waals surface area contributed by atoms with Crippen molar-refractivity contribution in [1.29, 1.82) is 0 Å². The van der Waals surface area contributed by atoms with Crippen molar-refractivity contribution in [1.82, 2.24) is 19.9 Å². The molecule has 0 aliphatic rings. The number of nitrogens with zero attached hydrogens (tertiary/aromatic N) is 3. The normalized spacial score (nSPS) is 11.9. The summed E-state index contributed by atoms with van der Waals surface area (Å²) >= 11 is 0. The molecule has 0 bridgehead atoms. The third kappa shape index (κ3) is 3.10. The van der Waals surface area contributed by atoms with Crippen LogP contribution >= 0.6 is 0 Å².